The maximum absolute atomic E-state index is 11.8. The van der Waals surface area contributed by atoms with Crippen LogP contribution < -0.4 is 4.90 Å². The number of rotatable bonds is 5. The van der Waals surface area contributed by atoms with Gasteiger partial charge in [0.1, 0.15) is 0 Å². The first-order chi connectivity index (χ1) is 9.47. The van der Waals surface area contributed by atoms with Crippen LogP contribution in [0.15, 0.2) is 24.3 Å². The van der Waals surface area contributed by atoms with Crippen molar-refractivity contribution in [3.05, 3.63) is 29.8 Å². The van der Waals surface area contributed by atoms with Gasteiger partial charge in [0.05, 0.1) is 5.92 Å². The number of nitrogens with zero attached hydrogens (tertiary/aromatic N) is 1. The highest BCUT2D eigenvalue weighted by molar-refractivity contribution is 5.99. The van der Waals surface area contributed by atoms with Crippen molar-refractivity contribution >= 4 is 23.5 Å². The fourth-order valence-electron chi connectivity index (χ4n) is 2.22. The van der Waals surface area contributed by atoms with E-state index in [1.54, 1.807) is 24.3 Å². The van der Waals surface area contributed by atoms with E-state index in [2.05, 4.69) is 0 Å². The summed E-state index contributed by atoms with van der Waals surface area (Å²) >= 11 is 0. The second-order valence-electron chi connectivity index (χ2n) is 4.80. The Balaban J connectivity index is 2.05. The number of benzene rings is 1. The fourth-order valence-corrected chi connectivity index (χ4v) is 2.22. The van der Waals surface area contributed by atoms with Gasteiger partial charge in [0.15, 0.2) is 0 Å². The third kappa shape index (κ3) is 3.14. The topological polar surface area (TPSA) is 94.9 Å². The summed E-state index contributed by atoms with van der Waals surface area (Å²) in [5.41, 5.74) is 1.52. The van der Waals surface area contributed by atoms with Crippen molar-refractivity contribution in [1.29, 1.82) is 0 Å². The zero-order valence-corrected chi connectivity index (χ0v) is 10.8. The molecule has 6 heteroatoms. The number of carboxylic acid groups (broad SMARTS) is 2. The summed E-state index contributed by atoms with van der Waals surface area (Å²) in [6, 6.07) is 6.97. The van der Waals surface area contributed by atoms with E-state index in [0.29, 0.717) is 12.1 Å². The standard InChI is InChI=1S/C14H15NO5/c16-12-7-10(14(19)20)8-15(12)11-4-1-9(2-5-11)3-6-13(17)18/h1-2,4-5,10H,3,6-8H2,(H,17,18)(H,19,20). The molecule has 1 aromatic rings. The van der Waals surface area contributed by atoms with E-state index >= 15 is 0 Å². The average molecular weight is 277 g/mol. The summed E-state index contributed by atoms with van der Waals surface area (Å²) < 4.78 is 0. The zero-order valence-electron chi connectivity index (χ0n) is 10.8. The van der Waals surface area contributed by atoms with Crippen molar-refractivity contribution in [1.82, 2.24) is 0 Å². The molecule has 1 aliphatic heterocycles. The van der Waals surface area contributed by atoms with Gasteiger partial charge in [0.25, 0.3) is 0 Å². The molecule has 1 aromatic carbocycles. The number of hydrogen-bond donors (Lipinski definition) is 2. The third-order valence-electron chi connectivity index (χ3n) is 3.35. The Labute approximate surface area is 115 Å². The Morgan fingerprint density at radius 3 is 2.35 bits per heavy atom. The molecule has 1 atom stereocenters. The summed E-state index contributed by atoms with van der Waals surface area (Å²) in [6.45, 7) is 0.183. The van der Waals surface area contributed by atoms with E-state index in [4.69, 9.17) is 10.2 Å². The van der Waals surface area contributed by atoms with Gasteiger partial charge < -0.3 is 15.1 Å². The largest absolute Gasteiger partial charge is 0.481 e. The predicted octanol–water partition coefficient (Wildman–Crippen LogP) is 1.14. The van der Waals surface area contributed by atoms with Crippen molar-refractivity contribution in [2.45, 2.75) is 19.3 Å². The van der Waals surface area contributed by atoms with Gasteiger partial charge in [-0.2, -0.15) is 0 Å². The molecule has 1 fully saturated rings. The quantitative estimate of drug-likeness (QED) is 0.841. The SMILES string of the molecule is O=C(O)CCc1ccc(N2CC(C(=O)O)CC2=O)cc1. The minimum absolute atomic E-state index is 0.0239. The van der Waals surface area contributed by atoms with Crippen LogP contribution in [0.3, 0.4) is 0 Å². The number of carbonyl (C=O) groups is 3. The van der Waals surface area contributed by atoms with Crippen LogP contribution in [0.25, 0.3) is 0 Å². The molecule has 106 valence electrons. The predicted molar refractivity (Wildman–Crippen MR) is 70.5 cm³/mol. The van der Waals surface area contributed by atoms with Crippen LogP contribution in [0.5, 0.6) is 0 Å². The molecule has 0 aliphatic carbocycles. The fraction of sp³-hybridized carbons (Fsp3) is 0.357. The van der Waals surface area contributed by atoms with Gasteiger partial charge in [-0.05, 0) is 24.1 Å². The molecular weight excluding hydrogens is 262 g/mol. The number of aliphatic carboxylic acids is 2. The van der Waals surface area contributed by atoms with Crippen molar-refractivity contribution < 1.29 is 24.6 Å². The molecule has 2 rings (SSSR count). The molecule has 0 saturated carbocycles. The number of carboxylic acids is 2. The van der Waals surface area contributed by atoms with Crippen LogP contribution in [0, 0.1) is 5.92 Å². The van der Waals surface area contributed by atoms with Crippen molar-refractivity contribution in [3.63, 3.8) is 0 Å². The van der Waals surface area contributed by atoms with Gasteiger partial charge in [-0.1, -0.05) is 12.1 Å². The van der Waals surface area contributed by atoms with E-state index in [-0.39, 0.29) is 25.3 Å². The lowest BCUT2D eigenvalue weighted by atomic mass is 10.1. The molecular formula is C14H15NO5. The second-order valence-corrected chi connectivity index (χ2v) is 4.80. The molecule has 0 radical (unpaired) electrons. The first-order valence-corrected chi connectivity index (χ1v) is 6.31. The van der Waals surface area contributed by atoms with Crippen LogP contribution in [0.4, 0.5) is 5.69 Å². The Bertz CT molecular complexity index is 537. The monoisotopic (exact) mass is 277 g/mol. The van der Waals surface area contributed by atoms with E-state index in [9.17, 15) is 14.4 Å². The van der Waals surface area contributed by atoms with Crippen LogP contribution in [0.1, 0.15) is 18.4 Å². The highest BCUT2D eigenvalue weighted by Crippen LogP contribution is 2.25. The minimum Gasteiger partial charge on any atom is -0.481 e. The van der Waals surface area contributed by atoms with Gasteiger partial charge in [-0.3, -0.25) is 14.4 Å². The zero-order chi connectivity index (χ0) is 14.7. The summed E-state index contributed by atoms with van der Waals surface area (Å²) in [6.07, 6.45) is 0.514. The normalized spacial score (nSPS) is 18.3. The average Bonchev–Trinajstić information content (AvgIpc) is 2.79. The Kier molecular flexibility index (Phi) is 4.02. The molecule has 0 spiro atoms. The molecule has 1 aliphatic rings. The molecule has 1 amide bonds. The maximum Gasteiger partial charge on any atom is 0.308 e. The van der Waals surface area contributed by atoms with Gasteiger partial charge in [0, 0.05) is 25.1 Å². The number of amides is 1. The van der Waals surface area contributed by atoms with E-state index in [0.717, 1.165) is 5.56 Å². The smallest absolute Gasteiger partial charge is 0.308 e. The molecule has 20 heavy (non-hydrogen) atoms. The van der Waals surface area contributed by atoms with Gasteiger partial charge in [-0.25, -0.2) is 0 Å². The second kappa shape index (κ2) is 5.73. The van der Waals surface area contributed by atoms with Gasteiger partial charge in [0.2, 0.25) is 5.91 Å². The van der Waals surface area contributed by atoms with Crippen molar-refractivity contribution in [2.75, 3.05) is 11.4 Å². The van der Waals surface area contributed by atoms with Crippen molar-refractivity contribution in [2.24, 2.45) is 5.92 Å². The number of hydrogen-bond acceptors (Lipinski definition) is 3. The Morgan fingerprint density at radius 1 is 1.20 bits per heavy atom. The highest BCUT2D eigenvalue weighted by Gasteiger charge is 2.34. The number of carbonyl (C=O) groups excluding carboxylic acids is 1. The summed E-state index contributed by atoms with van der Waals surface area (Å²) in [7, 11) is 0. The molecule has 2 N–H and O–H groups in total. The summed E-state index contributed by atoms with van der Waals surface area (Å²) in [5, 5.41) is 17.5. The Hall–Kier alpha value is -2.37. The highest BCUT2D eigenvalue weighted by atomic mass is 16.4. The first kappa shape index (κ1) is 14.0. The molecule has 1 unspecified atom stereocenters. The molecule has 0 aromatic heterocycles. The van der Waals surface area contributed by atoms with E-state index in [1.807, 2.05) is 0 Å². The molecule has 1 saturated heterocycles. The van der Waals surface area contributed by atoms with Crippen molar-refractivity contribution in [3.8, 4) is 0 Å². The van der Waals surface area contributed by atoms with Crippen LogP contribution >= 0.6 is 0 Å². The molecule has 1 heterocycles. The lowest BCUT2D eigenvalue weighted by Crippen LogP contribution is -2.25. The Morgan fingerprint density at radius 2 is 1.85 bits per heavy atom. The lowest BCUT2D eigenvalue weighted by Gasteiger charge is -2.16. The number of anilines is 1. The van der Waals surface area contributed by atoms with Gasteiger partial charge in [-0.15, -0.1) is 0 Å². The third-order valence-corrected chi connectivity index (χ3v) is 3.35. The summed E-state index contributed by atoms with van der Waals surface area (Å²) in [5.74, 6) is -2.67. The van der Waals surface area contributed by atoms with Crippen LogP contribution in [0.2, 0.25) is 0 Å². The molecule has 0 bridgehead atoms. The first-order valence-electron chi connectivity index (χ1n) is 6.31. The van der Waals surface area contributed by atoms with Crippen LogP contribution in [-0.2, 0) is 20.8 Å². The lowest BCUT2D eigenvalue weighted by molar-refractivity contribution is -0.141. The van der Waals surface area contributed by atoms with Crippen LogP contribution in [-0.4, -0.2) is 34.6 Å². The maximum atomic E-state index is 11.8. The van der Waals surface area contributed by atoms with E-state index < -0.39 is 17.9 Å². The molecule has 6 nitrogen and oxygen atoms in total. The van der Waals surface area contributed by atoms with E-state index in [1.165, 1.54) is 4.90 Å². The minimum atomic E-state index is -0.959. The van der Waals surface area contributed by atoms with Gasteiger partial charge >= 0.3 is 11.9 Å². The summed E-state index contributed by atoms with van der Waals surface area (Å²) in [4.78, 5) is 34.6. The number of aryl methyl sites for hydroxylation is 1.